The van der Waals surface area contributed by atoms with Gasteiger partial charge in [0.1, 0.15) is 13.2 Å². The van der Waals surface area contributed by atoms with Crippen LogP contribution in [0.4, 0.5) is 0 Å². The van der Waals surface area contributed by atoms with E-state index in [0.29, 0.717) is 0 Å². The Morgan fingerprint density at radius 2 is 1.79 bits per heavy atom. The summed E-state index contributed by atoms with van der Waals surface area (Å²) in [6.45, 7) is 6.88. The van der Waals surface area contributed by atoms with Crippen molar-refractivity contribution in [3.05, 3.63) is 24.3 Å². The largest absolute Gasteiger partial charge is 0.481 e. The molecule has 0 aromatic heterocycles. The maximum Gasteiger partial charge on any atom is 0.333 e. The minimum absolute atomic E-state index is 0.0809. The molecule has 24 heavy (non-hydrogen) atoms. The summed E-state index contributed by atoms with van der Waals surface area (Å²) in [5, 5.41) is 9.13. The molecule has 0 amide bonds. The first kappa shape index (κ1) is 21.9. The third-order valence-electron chi connectivity index (χ3n) is 3.22. The van der Waals surface area contributed by atoms with E-state index in [1.807, 2.05) is 0 Å². The smallest absolute Gasteiger partial charge is 0.333 e. The molecule has 0 aliphatic carbocycles. The average Bonchev–Trinajstić information content (AvgIpc) is 2.53. The van der Waals surface area contributed by atoms with Gasteiger partial charge in [-0.3, -0.25) is 9.59 Å². The first-order valence-corrected chi connectivity index (χ1v) is 8.26. The lowest BCUT2D eigenvalue weighted by molar-refractivity contribution is -0.153. The van der Waals surface area contributed by atoms with E-state index in [-0.39, 0.29) is 25.2 Å². The predicted molar refractivity (Wildman–Crippen MR) is 90.4 cm³/mol. The number of carbonyl (C=O) groups excluding carboxylic acids is 2. The number of carbonyl (C=O) groups is 3. The van der Waals surface area contributed by atoms with Gasteiger partial charge in [0.05, 0.1) is 12.3 Å². The van der Waals surface area contributed by atoms with E-state index in [9.17, 15) is 14.4 Å². The van der Waals surface area contributed by atoms with E-state index in [4.69, 9.17) is 14.6 Å². The van der Waals surface area contributed by atoms with E-state index in [2.05, 4.69) is 13.5 Å². The van der Waals surface area contributed by atoms with Gasteiger partial charge in [0.2, 0.25) is 0 Å². The molecular weight excluding hydrogens is 312 g/mol. The lowest BCUT2D eigenvalue weighted by Gasteiger charge is -2.09. The van der Waals surface area contributed by atoms with Gasteiger partial charge in [-0.25, -0.2) is 4.79 Å². The summed E-state index contributed by atoms with van der Waals surface area (Å²) in [6, 6.07) is 0. The predicted octanol–water partition coefficient (Wildman–Crippen LogP) is 3.27. The molecule has 0 aliphatic heterocycles. The van der Waals surface area contributed by atoms with Gasteiger partial charge in [0.15, 0.2) is 0 Å². The zero-order valence-electron chi connectivity index (χ0n) is 14.6. The molecule has 0 rings (SSSR count). The van der Waals surface area contributed by atoms with Crippen molar-refractivity contribution in [3.8, 4) is 0 Å². The Morgan fingerprint density at radius 3 is 2.38 bits per heavy atom. The van der Waals surface area contributed by atoms with Crippen LogP contribution < -0.4 is 0 Å². The molecule has 0 aliphatic rings. The van der Waals surface area contributed by atoms with Gasteiger partial charge in [-0.1, -0.05) is 44.9 Å². The molecule has 0 bridgehead atoms. The van der Waals surface area contributed by atoms with Crippen LogP contribution in [0, 0.1) is 5.92 Å². The van der Waals surface area contributed by atoms with Crippen LogP contribution in [0.2, 0.25) is 0 Å². The summed E-state index contributed by atoms with van der Waals surface area (Å²) in [7, 11) is 0. The summed E-state index contributed by atoms with van der Waals surface area (Å²) in [5.41, 5.74) is 0.261. The molecule has 0 aromatic carbocycles. The molecule has 1 unspecified atom stereocenters. The summed E-state index contributed by atoms with van der Waals surface area (Å²) in [6.07, 6.45) is 8.34. The maximum absolute atomic E-state index is 11.6. The SMILES string of the molecule is C=C(C)C(=O)OCCOC(=O)CC(/C=C/CCCCCC)C(=O)O. The average molecular weight is 340 g/mol. The van der Waals surface area contributed by atoms with Crippen LogP contribution >= 0.6 is 0 Å². The fraction of sp³-hybridized carbons (Fsp3) is 0.611. The van der Waals surface area contributed by atoms with Gasteiger partial charge in [0, 0.05) is 5.57 Å². The Balaban J connectivity index is 4.06. The van der Waals surface area contributed by atoms with Gasteiger partial charge in [-0.05, 0) is 19.8 Å². The number of hydrogen-bond acceptors (Lipinski definition) is 5. The lowest BCUT2D eigenvalue weighted by Crippen LogP contribution is -2.19. The van der Waals surface area contributed by atoms with Crippen molar-refractivity contribution in [2.24, 2.45) is 5.92 Å². The monoisotopic (exact) mass is 340 g/mol. The number of carboxylic acid groups (broad SMARTS) is 1. The van der Waals surface area contributed by atoms with Crippen molar-refractivity contribution in [2.75, 3.05) is 13.2 Å². The minimum Gasteiger partial charge on any atom is -0.481 e. The van der Waals surface area contributed by atoms with Crippen molar-refractivity contribution in [1.29, 1.82) is 0 Å². The second-order valence-corrected chi connectivity index (χ2v) is 5.56. The Kier molecular flexibility index (Phi) is 12.2. The van der Waals surface area contributed by atoms with Crippen LogP contribution in [-0.4, -0.2) is 36.2 Å². The Morgan fingerprint density at radius 1 is 1.12 bits per heavy atom. The Hall–Kier alpha value is -2.11. The molecule has 0 radical (unpaired) electrons. The second kappa shape index (κ2) is 13.3. The van der Waals surface area contributed by atoms with Crippen molar-refractivity contribution in [2.45, 2.75) is 52.4 Å². The minimum atomic E-state index is -1.06. The normalized spacial score (nSPS) is 11.9. The summed E-state index contributed by atoms with van der Waals surface area (Å²) < 4.78 is 9.64. The number of aliphatic carboxylic acids is 1. The van der Waals surface area contributed by atoms with Crippen molar-refractivity contribution >= 4 is 17.9 Å². The Labute approximate surface area is 143 Å². The van der Waals surface area contributed by atoms with Gasteiger partial charge in [0.25, 0.3) is 0 Å². The highest BCUT2D eigenvalue weighted by Crippen LogP contribution is 2.10. The highest BCUT2D eigenvalue weighted by molar-refractivity contribution is 5.86. The van der Waals surface area contributed by atoms with Crippen LogP contribution in [0.15, 0.2) is 24.3 Å². The number of unbranched alkanes of at least 4 members (excludes halogenated alkanes) is 4. The van der Waals surface area contributed by atoms with Gasteiger partial charge in [-0.2, -0.15) is 0 Å². The summed E-state index contributed by atoms with van der Waals surface area (Å²) in [5.74, 6) is -3.16. The third kappa shape index (κ3) is 11.5. The molecule has 0 saturated carbocycles. The number of ether oxygens (including phenoxy) is 2. The van der Waals surface area contributed by atoms with Crippen LogP contribution in [0.5, 0.6) is 0 Å². The standard InChI is InChI=1S/C18H28O6/c1-4-5-6-7-8-9-10-15(17(20)21)13-16(19)23-11-12-24-18(22)14(2)3/h9-10,15H,2,4-8,11-13H2,1,3H3,(H,20,21)/b10-9+. The zero-order valence-corrected chi connectivity index (χ0v) is 14.6. The summed E-state index contributed by atoms with van der Waals surface area (Å²) >= 11 is 0. The van der Waals surface area contributed by atoms with Crippen LogP contribution in [0.1, 0.15) is 52.4 Å². The topological polar surface area (TPSA) is 89.9 Å². The number of rotatable bonds is 13. The van der Waals surface area contributed by atoms with Crippen molar-refractivity contribution in [3.63, 3.8) is 0 Å². The number of hydrogen-bond donors (Lipinski definition) is 1. The van der Waals surface area contributed by atoms with Gasteiger partial charge in [-0.15, -0.1) is 0 Å². The molecular formula is C18H28O6. The first-order valence-electron chi connectivity index (χ1n) is 8.26. The van der Waals surface area contributed by atoms with E-state index in [1.165, 1.54) is 19.4 Å². The maximum atomic E-state index is 11.6. The zero-order chi connectivity index (χ0) is 18.4. The first-order chi connectivity index (χ1) is 11.4. The van der Waals surface area contributed by atoms with E-state index < -0.39 is 23.8 Å². The highest BCUT2D eigenvalue weighted by atomic mass is 16.6. The molecule has 0 heterocycles. The molecule has 1 N–H and O–H groups in total. The van der Waals surface area contributed by atoms with E-state index in [1.54, 1.807) is 6.08 Å². The molecule has 0 fully saturated rings. The molecule has 0 saturated heterocycles. The Bertz CT molecular complexity index is 452. The second-order valence-electron chi connectivity index (χ2n) is 5.56. The molecule has 6 nitrogen and oxygen atoms in total. The highest BCUT2D eigenvalue weighted by Gasteiger charge is 2.19. The van der Waals surface area contributed by atoms with Crippen LogP contribution in [0.3, 0.4) is 0 Å². The van der Waals surface area contributed by atoms with Gasteiger partial charge < -0.3 is 14.6 Å². The molecule has 0 spiro atoms. The fourth-order valence-corrected chi connectivity index (χ4v) is 1.84. The number of allylic oxidation sites excluding steroid dienone is 1. The van der Waals surface area contributed by atoms with Crippen molar-refractivity contribution in [1.82, 2.24) is 0 Å². The molecule has 6 heteroatoms. The lowest BCUT2D eigenvalue weighted by atomic mass is 10.0. The van der Waals surface area contributed by atoms with E-state index >= 15 is 0 Å². The third-order valence-corrected chi connectivity index (χ3v) is 3.22. The van der Waals surface area contributed by atoms with Gasteiger partial charge >= 0.3 is 17.9 Å². The summed E-state index contributed by atoms with van der Waals surface area (Å²) in [4.78, 5) is 33.9. The molecule has 136 valence electrons. The molecule has 0 aromatic rings. The van der Waals surface area contributed by atoms with Crippen LogP contribution in [0.25, 0.3) is 0 Å². The van der Waals surface area contributed by atoms with E-state index in [0.717, 1.165) is 25.7 Å². The van der Waals surface area contributed by atoms with Crippen molar-refractivity contribution < 1.29 is 29.0 Å². The fourth-order valence-electron chi connectivity index (χ4n) is 1.84. The number of carboxylic acids is 1. The molecule has 1 atom stereocenters. The quantitative estimate of drug-likeness (QED) is 0.239. The number of esters is 2. The van der Waals surface area contributed by atoms with Crippen LogP contribution in [-0.2, 0) is 23.9 Å².